The maximum absolute atomic E-state index is 12.7. The van der Waals surface area contributed by atoms with Gasteiger partial charge in [-0.3, -0.25) is 4.79 Å². The lowest BCUT2D eigenvalue weighted by molar-refractivity contribution is -0.120. The van der Waals surface area contributed by atoms with Crippen LogP contribution < -0.4 is 14.4 Å². The van der Waals surface area contributed by atoms with Gasteiger partial charge in [0.25, 0.3) is 5.91 Å². The lowest BCUT2D eigenvalue weighted by Crippen LogP contribution is -2.38. The highest BCUT2D eigenvalue weighted by Crippen LogP contribution is 2.36. The van der Waals surface area contributed by atoms with Gasteiger partial charge in [0.1, 0.15) is 11.5 Å². The summed E-state index contributed by atoms with van der Waals surface area (Å²) in [6, 6.07) is 18.2. The first kappa shape index (κ1) is 18.7. The van der Waals surface area contributed by atoms with Gasteiger partial charge >= 0.3 is 0 Å². The molecule has 142 valence electrons. The van der Waals surface area contributed by atoms with Crippen LogP contribution in [-0.2, 0) is 4.79 Å². The van der Waals surface area contributed by atoms with Crippen LogP contribution in [0.3, 0.4) is 0 Å². The van der Waals surface area contributed by atoms with Crippen LogP contribution in [0.25, 0.3) is 0 Å². The maximum atomic E-state index is 12.7. The number of carbonyl (C=O) groups excluding carboxylic acids is 1. The van der Waals surface area contributed by atoms with E-state index in [1.165, 1.54) is 0 Å². The van der Waals surface area contributed by atoms with Gasteiger partial charge in [-0.2, -0.15) is 0 Å². The second-order valence-electron chi connectivity index (χ2n) is 6.04. The Labute approximate surface area is 172 Å². The number of rotatable bonds is 5. The Morgan fingerprint density at radius 3 is 2.71 bits per heavy atom. The van der Waals surface area contributed by atoms with Gasteiger partial charge < -0.3 is 14.4 Å². The van der Waals surface area contributed by atoms with Gasteiger partial charge in [-0.05, 0) is 48.5 Å². The Balaban J connectivity index is 1.37. The van der Waals surface area contributed by atoms with Gasteiger partial charge in [-0.1, -0.05) is 17.7 Å². The van der Waals surface area contributed by atoms with E-state index < -0.39 is 0 Å². The van der Waals surface area contributed by atoms with E-state index in [2.05, 4.69) is 4.98 Å². The number of aromatic nitrogens is 1. The number of ether oxygens (including phenoxy) is 2. The molecule has 0 spiro atoms. The monoisotopic (exact) mass is 412 g/mol. The molecule has 0 atom stereocenters. The fourth-order valence-corrected chi connectivity index (χ4v) is 3.95. The van der Waals surface area contributed by atoms with E-state index in [1.54, 1.807) is 53.2 Å². The Hall–Kier alpha value is -2.70. The molecule has 1 aliphatic heterocycles. The summed E-state index contributed by atoms with van der Waals surface area (Å²) in [6.45, 7) is 0.591. The fraction of sp³-hybridized carbons (Fsp3) is 0.143. The van der Waals surface area contributed by atoms with Crippen molar-refractivity contribution in [3.63, 3.8) is 0 Å². The minimum Gasteiger partial charge on any atom is -0.484 e. The van der Waals surface area contributed by atoms with E-state index in [-0.39, 0.29) is 12.5 Å². The van der Waals surface area contributed by atoms with E-state index in [0.29, 0.717) is 28.9 Å². The fourth-order valence-electron chi connectivity index (χ4n) is 2.81. The lowest BCUT2D eigenvalue weighted by atomic mass is 10.2. The number of benzene rings is 2. The molecule has 1 amide bonds. The summed E-state index contributed by atoms with van der Waals surface area (Å²) in [7, 11) is 0. The van der Waals surface area contributed by atoms with Crippen molar-refractivity contribution in [2.45, 2.75) is 4.90 Å². The number of hydrogen-bond acceptors (Lipinski definition) is 5. The largest absolute Gasteiger partial charge is 0.484 e. The van der Waals surface area contributed by atoms with E-state index in [4.69, 9.17) is 21.1 Å². The van der Waals surface area contributed by atoms with E-state index >= 15 is 0 Å². The highest BCUT2D eigenvalue weighted by molar-refractivity contribution is 7.99. The standard InChI is InChI=1S/C21H17ClN2O3S/c22-15-4-9-19-18(13-15)24(11-12-28-19)21(25)14-26-16-5-7-17(8-6-16)27-20-3-1-2-10-23-20/h1-10,13H,11-12,14H2. The van der Waals surface area contributed by atoms with E-state index in [1.807, 2.05) is 30.3 Å². The lowest BCUT2D eigenvalue weighted by Gasteiger charge is -2.29. The predicted molar refractivity (Wildman–Crippen MR) is 111 cm³/mol. The third kappa shape index (κ3) is 4.40. The third-order valence-electron chi connectivity index (χ3n) is 4.13. The zero-order chi connectivity index (χ0) is 19.3. The molecule has 3 aromatic rings. The Morgan fingerprint density at radius 2 is 1.93 bits per heavy atom. The molecule has 1 aromatic heterocycles. The average molecular weight is 413 g/mol. The molecular weight excluding hydrogens is 396 g/mol. The topological polar surface area (TPSA) is 51.7 Å². The highest BCUT2D eigenvalue weighted by atomic mass is 35.5. The number of pyridine rings is 1. The number of thioether (sulfide) groups is 1. The quantitative estimate of drug-likeness (QED) is 0.587. The highest BCUT2D eigenvalue weighted by Gasteiger charge is 2.23. The van der Waals surface area contributed by atoms with Crippen LogP contribution in [0, 0.1) is 0 Å². The van der Waals surface area contributed by atoms with Gasteiger partial charge in [0.05, 0.1) is 5.69 Å². The Morgan fingerprint density at radius 1 is 1.11 bits per heavy atom. The van der Waals surface area contributed by atoms with Crippen molar-refractivity contribution in [2.24, 2.45) is 0 Å². The minimum absolute atomic E-state index is 0.0446. The van der Waals surface area contributed by atoms with Crippen molar-refractivity contribution >= 4 is 35.0 Å². The van der Waals surface area contributed by atoms with Crippen LogP contribution in [0.5, 0.6) is 17.4 Å². The van der Waals surface area contributed by atoms with E-state index in [9.17, 15) is 4.79 Å². The molecule has 4 rings (SSSR count). The molecule has 28 heavy (non-hydrogen) atoms. The first-order chi connectivity index (χ1) is 13.7. The van der Waals surface area contributed by atoms with Crippen LogP contribution in [0.1, 0.15) is 0 Å². The van der Waals surface area contributed by atoms with Crippen molar-refractivity contribution in [1.82, 2.24) is 4.98 Å². The summed E-state index contributed by atoms with van der Waals surface area (Å²) >= 11 is 7.82. The van der Waals surface area contributed by atoms with Crippen molar-refractivity contribution in [1.29, 1.82) is 0 Å². The van der Waals surface area contributed by atoms with Gasteiger partial charge in [0.15, 0.2) is 6.61 Å². The molecular formula is C21H17ClN2O3S. The Bertz CT molecular complexity index is 967. The van der Waals surface area contributed by atoms with Gasteiger partial charge in [0.2, 0.25) is 5.88 Å². The van der Waals surface area contributed by atoms with Crippen molar-refractivity contribution in [3.05, 3.63) is 71.9 Å². The SMILES string of the molecule is O=C(COc1ccc(Oc2ccccn2)cc1)N1CCSc2ccc(Cl)cc21. The summed E-state index contributed by atoms with van der Waals surface area (Å²) < 4.78 is 11.3. The molecule has 0 N–H and O–H groups in total. The normalized spacial score (nSPS) is 13.0. The van der Waals surface area contributed by atoms with Crippen molar-refractivity contribution in [3.8, 4) is 17.4 Å². The van der Waals surface area contributed by atoms with Crippen LogP contribution in [0.4, 0.5) is 5.69 Å². The molecule has 0 radical (unpaired) electrons. The minimum atomic E-state index is -0.0994. The van der Waals surface area contributed by atoms with Gasteiger partial charge in [-0.25, -0.2) is 4.98 Å². The van der Waals surface area contributed by atoms with Gasteiger partial charge in [-0.15, -0.1) is 11.8 Å². The number of halogens is 1. The average Bonchev–Trinajstić information content (AvgIpc) is 2.73. The van der Waals surface area contributed by atoms with Crippen LogP contribution >= 0.6 is 23.4 Å². The summed E-state index contributed by atoms with van der Waals surface area (Å²) in [4.78, 5) is 19.6. The molecule has 0 fully saturated rings. The summed E-state index contributed by atoms with van der Waals surface area (Å²) in [6.07, 6.45) is 1.67. The molecule has 0 saturated heterocycles. The Kier molecular flexibility index (Phi) is 5.69. The number of nitrogens with zero attached hydrogens (tertiary/aromatic N) is 2. The molecule has 5 nitrogen and oxygen atoms in total. The summed E-state index contributed by atoms with van der Waals surface area (Å²) in [5.74, 6) is 2.51. The zero-order valence-corrected chi connectivity index (χ0v) is 16.4. The van der Waals surface area contributed by atoms with E-state index in [0.717, 1.165) is 16.3 Å². The van der Waals surface area contributed by atoms with Crippen molar-refractivity contribution < 1.29 is 14.3 Å². The van der Waals surface area contributed by atoms with Crippen LogP contribution in [0.2, 0.25) is 5.02 Å². The second kappa shape index (κ2) is 8.54. The molecule has 7 heteroatoms. The zero-order valence-electron chi connectivity index (χ0n) is 14.9. The number of carbonyl (C=O) groups is 1. The summed E-state index contributed by atoms with van der Waals surface area (Å²) in [5, 5.41) is 0.614. The number of hydrogen-bond donors (Lipinski definition) is 0. The molecule has 2 aromatic carbocycles. The first-order valence-electron chi connectivity index (χ1n) is 8.73. The molecule has 0 aliphatic carbocycles. The maximum Gasteiger partial charge on any atom is 0.264 e. The molecule has 0 unspecified atom stereocenters. The number of anilines is 1. The first-order valence-corrected chi connectivity index (χ1v) is 10.1. The van der Waals surface area contributed by atoms with Crippen LogP contribution in [0.15, 0.2) is 71.8 Å². The molecule has 0 saturated carbocycles. The smallest absolute Gasteiger partial charge is 0.264 e. The summed E-state index contributed by atoms with van der Waals surface area (Å²) in [5.41, 5.74) is 0.844. The predicted octanol–water partition coefficient (Wildman–Crippen LogP) is 5.05. The number of fused-ring (bicyclic) bond motifs is 1. The van der Waals surface area contributed by atoms with Crippen molar-refractivity contribution in [2.75, 3.05) is 23.8 Å². The molecule has 2 heterocycles. The molecule has 0 bridgehead atoms. The molecule has 1 aliphatic rings. The van der Waals surface area contributed by atoms with Gasteiger partial charge in [0, 0.05) is 34.5 Å². The second-order valence-corrected chi connectivity index (χ2v) is 7.61. The van der Waals surface area contributed by atoms with Crippen LogP contribution in [-0.4, -0.2) is 29.8 Å². The third-order valence-corrected chi connectivity index (χ3v) is 5.41. The number of amides is 1.